The maximum Gasteiger partial charge on any atom is 0.344 e. The highest BCUT2D eigenvalue weighted by Crippen LogP contribution is 2.23. The van der Waals surface area contributed by atoms with Gasteiger partial charge in [0, 0.05) is 0 Å². The molecule has 0 fully saturated rings. The Morgan fingerprint density at radius 1 is 0.818 bits per heavy atom. The van der Waals surface area contributed by atoms with Gasteiger partial charge >= 0.3 is 5.97 Å². The average Bonchev–Trinajstić information content (AvgIpc) is 2.46. The number of fused-ring (bicyclic) bond motifs is 1. The molecular weight excluding hydrogens is 272 g/mol. The minimum atomic E-state index is -0.301. The second-order valence-corrected chi connectivity index (χ2v) is 5.67. The number of carbonyl (C=O) groups excluding carboxylic acids is 1. The first kappa shape index (κ1) is 14.3. The standard InChI is InChI=1S/C20H18O2/c1-13-10-14(2)19(15(3)11-13)20(21)22-18-9-8-16-6-4-5-7-17(16)12-18/h4-12H,1-3H3. The van der Waals surface area contributed by atoms with E-state index in [4.69, 9.17) is 4.74 Å². The van der Waals surface area contributed by atoms with Crippen LogP contribution in [0.4, 0.5) is 0 Å². The third-order valence-corrected chi connectivity index (χ3v) is 3.81. The van der Waals surface area contributed by atoms with E-state index in [2.05, 4.69) is 0 Å². The van der Waals surface area contributed by atoms with Crippen LogP contribution in [-0.2, 0) is 0 Å². The molecule has 0 unspecified atom stereocenters. The topological polar surface area (TPSA) is 26.3 Å². The summed E-state index contributed by atoms with van der Waals surface area (Å²) in [4.78, 5) is 12.5. The van der Waals surface area contributed by atoms with Gasteiger partial charge < -0.3 is 4.74 Å². The van der Waals surface area contributed by atoms with Crippen LogP contribution in [0.5, 0.6) is 5.75 Å². The summed E-state index contributed by atoms with van der Waals surface area (Å²) in [5.41, 5.74) is 3.70. The number of ether oxygens (including phenoxy) is 1. The number of hydrogen-bond donors (Lipinski definition) is 0. The summed E-state index contributed by atoms with van der Waals surface area (Å²) in [5.74, 6) is 0.272. The van der Waals surface area contributed by atoms with Gasteiger partial charge in [0.1, 0.15) is 5.75 Å². The number of aryl methyl sites for hydroxylation is 3. The summed E-state index contributed by atoms with van der Waals surface area (Å²) < 4.78 is 5.57. The molecule has 0 aliphatic carbocycles. The number of esters is 1. The van der Waals surface area contributed by atoms with Crippen molar-refractivity contribution in [2.45, 2.75) is 20.8 Å². The van der Waals surface area contributed by atoms with Crippen LogP contribution < -0.4 is 4.74 Å². The molecule has 3 aromatic carbocycles. The molecule has 0 heterocycles. The van der Waals surface area contributed by atoms with Crippen LogP contribution in [0.15, 0.2) is 54.6 Å². The van der Waals surface area contributed by atoms with Crippen molar-refractivity contribution >= 4 is 16.7 Å². The van der Waals surface area contributed by atoms with E-state index in [0.717, 1.165) is 27.5 Å². The Hall–Kier alpha value is -2.61. The second kappa shape index (κ2) is 5.64. The Bertz CT molecular complexity index is 839. The predicted molar refractivity (Wildman–Crippen MR) is 89.6 cm³/mol. The first-order valence-electron chi connectivity index (χ1n) is 7.33. The largest absolute Gasteiger partial charge is 0.423 e. The van der Waals surface area contributed by atoms with Gasteiger partial charge in [0.05, 0.1) is 5.56 Å². The van der Waals surface area contributed by atoms with Crippen molar-refractivity contribution in [3.63, 3.8) is 0 Å². The van der Waals surface area contributed by atoms with E-state index in [9.17, 15) is 4.79 Å². The second-order valence-electron chi connectivity index (χ2n) is 5.67. The fourth-order valence-electron chi connectivity index (χ4n) is 2.89. The highest BCUT2D eigenvalue weighted by molar-refractivity contribution is 5.95. The monoisotopic (exact) mass is 290 g/mol. The summed E-state index contributed by atoms with van der Waals surface area (Å²) in [6.45, 7) is 5.91. The lowest BCUT2D eigenvalue weighted by atomic mass is 10.00. The van der Waals surface area contributed by atoms with E-state index in [1.165, 1.54) is 0 Å². The molecule has 0 saturated carbocycles. The summed E-state index contributed by atoms with van der Waals surface area (Å²) in [6.07, 6.45) is 0. The van der Waals surface area contributed by atoms with Crippen LogP contribution in [-0.4, -0.2) is 5.97 Å². The molecule has 22 heavy (non-hydrogen) atoms. The van der Waals surface area contributed by atoms with E-state index in [0.29, 0.717) is 11.3 Å². The van der Waals surface area contributed by atoms with E-state index in [1.54, 1.807) is 0 Å². The van der Waals surface area contributed by atoms with E-state index < -0.39 is 0 Å². The molecule has 2 heteroatoms. The highest BCUT2D eigenvalue weighted by Gasteiger charge is 2.15. The van der Waals surface area contributed by atoms with Crippen LogP contribution in [0.2, 0.25) is 0 Å². The van der Waals surface area contributed by atoms with Crippen molar-refractivity contribution < 1.29 is 9.53 Å². The van der Waals surface area contributed by atoms with Crippen LogP contribution in [0.3, 0.4) is 0 Å². The first-order valence-corrected chi connectivity index (χ1v) is 7.33. The number of hydrogen-bond acceptors (Lipinski definition) is 2. The van der Waals surface area contributed by atoms with Gasteiger partial charge in [-0.3, -0.25) is 0 Å². The van der Waals surface area contributed by atoms with Gasteiger partial charge in [-0.2, -0.15) is 0 Å². The van der Waals surface area contributed by atoms with Crippen molar-refractivity contribution in [1.29, 1.82) is 0 Å². The van der Waals surface area contributed by atoms with Gasteiger partial charge in [-0.25, -0.2) is 4.79 Å². The Morgan fingerprint density at radius 2 is 1.45 bits per heavy atom. The molecule has 0 saturated heterocycles. The zero-order valence-corrected chi connectivity index (χ0v) is 13.0. The molecule has 3 aromatic rings. The van der Waals surface area contributed by atoms with Crippen molar-refractivity contribution in [1.82, 2.24) is 0 Å². The van der Waals surface area contributed by atoms with Crippen LogP contribution in [0, 0.1) is 20.8 Å². The van der Waals surface area contributed by atoms with Gasteiger partial charge in [-0.1, -0.05) is 48.0 Å². The molecule has 110 valence electrons. The predicted octanol–water partition coefficient (Wildman–Crippen LogP) is 4.98. The molecule has 0 aliphatic rings. The van der Waals surface area contributed by atoms with E-state index in [1.807, 2.05) is 75.4 Å². The van der Waals surface area contributed by atoms with E-state index >= 15 is 0 Å². The van der Waals surface area contributed by atoms with Gasteiger partial charge in [-0.15, -0.1) is 0 Å². The SMILES string of the molecule is Cc1cc(C)c(C(=O)Oc2ccc3ccccc3c2)c(C)c1. The Kier molecular flexibility index (Phi) is 3.68. The van der Waals surface area contributed by atoms with Crippen LogP contribution >= 0.6 is 0 Å². The molecular formula is C20H18O2. The zero-order chi connectivity index (χ0) is 15.7. The molecule has 0 aliphatic heterocycles. The molecule has 0 bridgehead atoms. The summed E-state index contributed by atoms with van der Waals surface area (Å²) >= 11 is 0. The smallest absolute Gasteiger partial charge is 0.344 e. The quantitative estimate of drug-likeness (QED) is 0.491. The third-order valence-electron chi connectivity index (χ3n) is 3.81. The highest BCUT2D eigenvalue weighted by atomic mass is 16.5. The van der Waals surface area contributed by atoms with Crippen molar-refractivity contribution in [2.75, 3.05) is 0 Å². The minimum absolute atomic E-state index is 0.301. The molecule has 0 atom stereocenters. The fourth-order valence-corrected chi connectivity index (χ4v) is 2.89. The number of rotatable bonds is 2. The van der Waals surface area contributed by atoms with Crippen molar-refractivity contribution in [2.24, 2.45) is 0 Å². The number of benzene rings is 3. The molecule has 0 aromatic heterocycles. The molecule has 0 radical (unpaired) electrons. The maximum absolute atomic E-state index is 12.5. The normalized spacial score (nSPS) is 10.7. The molecule has 3 rings (SSSR count). The molecule has 0 spiro atoms. The van der Waals surface area contributed by atoms with Gasteiger partial charge in [0.25, 0.3) is 0 Å². The Morgan fingerprint density at radius 3 is 2.14 bits per heavy atom. The lowest BCUT2D eigenvalue weighted by Crippen LogP contribution is -2.12. The van der Waals surface area contributed by atoms with Gasteiger partial charge in [0.15, 0.2) is 0 Å². The molecule has 0 N–H and O–H groups in total. The van der Waals surface area contributed by atoms with Gasteiger partial charge in [-0.05, 0) is 54.8 Å². The van der Waals surface area contributed by atoms with Crippen molar-refractivity contribution in [3.05, 3.63) is 76.9 Å². The summed E-state index contributed by atoms with van der Waals surface area (Å²) in [5, 5.41) is 2.19. The first-order chi connectivity index (χ1) is 10.5. The lowest BCUT2D eigenvalue weighted by Gasteiger charge is -2.11. The molecule has 0 amide bonds. The minimum Gasteiger partial charge on any atom is -0.423 e. The van der Waals surface area contributed by atoms with Crippen LogP contribution in [0.25, 0.3) is 10.8 Å². The number of carbonyl (C=O) groups is 1. The van der Waals surface area contributed by atoms with Crippen LogP contribution in [0.1, 0.15) is 27.0 Å². The summed E-state index contributed by atoms with van der Waals surface area (Å²) in [6, 6.07) is 17.7. The third kappa shape index (κ3) is 2.73. The summed E-state index contributed by atoms with van der Waals surface area (Å²) in [7, 11) is 0. The maximum atomic E-state index is 12.5. The average molecular weight is 290 g/mol. The Labute approximate surface area is 130 Å². The molecule has 2 nitrogen and oxygen atoms in total. The van der Waals surface area contributed by atoms with E-state index in [-0.39, 0.29) is 5.97 Å². The lowest BCUT2D eigenvalue weighted by molar-refractivity contribution is 0.0733. The van der Waals surface area contributed by atoms with Gasteiger partial charge in [0.2, 0.25) is 0 Å². The zero-order valence-electron chi connectivity index (χ0n) is 13.0. The fraction of sp³-hybridized carbons (Fsp3) is 0.150. The Balaban J connectivity index is 1.93. The van der Waals surface area contributed by atoms with Crippen molar-refractivity contribution in [3.8, 4) is 5.75 Å².